The molecular weight excluding hydrogens is 453 g/mol. The smallest absolute Gasteiger partial charge is 0.326 e. The molecule has 0 fully saturated rings. The Bertz CT molecular complexity index is 1290. The van der Waals surface area contributed by atoms with Crippen molar-refractivity contribution < 1.29 is 36.3 Å². The van der Waals surface area contributed by atoms with Gasteiger partial charge in [-0.25, -0.2) is 17.9 Å². The number of ether oxygens (including phenoxy) is 1. The fourth-order valence-corrected chi connectivity index (χ4v) is 2.77. The highest BCUT2D eigenvalue weighted by atomic mass is 19.2. The molecular formula is C21H16F5N3O4. The Hall–Kier alpha value is -3.83. The third-order valence-corrected chi connectivity index (χ3v) is 4.81. The first-order valence-corrected chi connectivity index (χ1v) is 9.43. The van der Waals surface area contributed by atoms with E-state index < -0.39 is 57.7 Å². The van der Waals surface area contributed by atoms with Crippen LogP contribution in [0.25, 0.3) is 10.8 Å². The van der Waals surface area contributed by atoms with Gasteiger partial charge in [0.15, 0.2) is 0 Å². The van der Waals surface area contributed by atoms with Crippen molar-refractivity contribution in [2.75, 3.05) is 6.54 Å². The Morgan fingerprint density at radius 2 is 1.58 bits per heavy atom. The van der Waals surface area contributed by atoms with Gasteiger partial charge in [0.2, 0.25) is 40.7 Å². The summed E-state index contributed by atoms with van der Waals surface area (Å²) >= 11 is 0. The highest BCUT2D eigenvalue weighted by Crippen LogP contribution is 2.31. The minimum Gasteiger partial charge on any atom is -0.419 e. The van der Waals surface area contributed by atoms with E-state index in [9.17, 15) is 36.3 Å². The van der Waals surface area contributed by atoms with Crippen molar-refractivity contribution in [1.29, 1.82) is 0 Å². The van der Waals surface area contributed by atoms with Gasteiger partial charge in [-0.2, -0.15) is 13.9 Å². The Kier molecular flexibility index (Phi) is 6.47. The molecule has 0 saturated carbocycles. The SMILES string of the molecule is CC(C)(C(=O)NCCn1ncc2ccccc2c1=O)C(=O)Oc1c(F)c(F)c(F)c(F)c1F. The summed E-state index contributed by atoms with van der Waals surface area (Å²) < 4.78 is 72.7. The summed E-state index contributed by atoms with van der Waals surface area (Å²) in [6, 6.07) is 6.72. The van der Waals surface area contributed by atoms with Crippen molar-refractivity contribution in [2.45, 2.75) is 20.4 Å². The van der Waals surface area contributed by atoms with E-state index in [1.54, 1.807) is 24.3 Å². The van der Waals surface area contributed by atoms with Crippen LogP contribution in [-0.4, -0.2) is 28.2 Å². The lowest BCUT2D eigenvalue weighted by Gasteiger charge is -2.22. The van der Waals surface area contributed by atoms with Crippen LogP contribution in [0.3, 0.4) is 0 Å². The first-order valence-electron chi connectivity index (χ1n) is 9.43. The number of carbonyl (C=O) groups excluding carboxylic acids is 2. The quantitative estimate of drug-likeness (QED) is 0.150. The molecule has 0 bridgehead atoms. The van der Waals surface area contributed by atoms with Gasteiger partial charge in [-0.05, 0) is 19.9 Å². The molecule has 12 heteroatoms. The van der Waals surface area contributed by atoms with Crippen LogP contribution < -0.4 is 15.6 Å². The topological polar surface area (TPSA) is 90.3 Å². The maximum absolute atomic E-state index is 13.8. The second kappa shape index (κ2) is 8.96. The number of rotatable bonds is 6. The van der Waals surface area contributed by atoms with Crippen molar-refractivity contribution in [1.82, 2.24) is 15.1 Å². The maximum atomic E-state index is 13.8. The van der Waals surface area contributed by atoms with Gasteiger partial charge >= 0.3 is 5.97 Å². The van der Waals surface area contributed by atoms with Gasteiger partial charge in [-0.3, -0.25) is 14.4 Å². The summed E-state index contributed by atoms with van der Waals surface area (Å²) in [6.07, 6.45) is 1.46. The lowest BCUT2D eigenvalue weighted by molar-refractivity contribution is -0.151. The van der Waals surface area contributed by atoms with E-state index in [-0.39, 0.29) is 13.1 Å². The van der Waals surface area contributed by atoms with E-state index in [0.717, 1.165) is 18.5 Å². The molecule has 0 unspecified atom stereocenters. The number of benzene rings is 2. The van der Waals surface area contributed by atoms with Gasteiger partial charge in [-0.1, -0.05) is 18.2 Å². The van der Waals surface area contributed by atoms with E-state index in [2.05, 4.69) is 15.2 Å². The van der Waals surface area contributed by atoms with Crippen molar-refractivity contribution in [2.24, 2.45) is 5.41 Å². The predicted octanol–water partition coefficient (Wildman–Crippen LogP) is 2.84. The van der Waals surface area contributed by atoms with Crippen LogP contribution in [0.15, 0.2) is 35.3 Å². The van der Waals surface area contributed by atoms with Gasteiger partial charge in [0, 0.05) is 11.9 Å². The van der Waals surface area contributed by atoms with Crippen LogP contribution in [0.1, 0.15) is 13.8 Å². The standard InChI is InChI=1S/C21H16F5N3O4/c1-21(2,20(32)33-17-15(25)13(23)12(22)14(24)16(17)26)19(31)27-7-8-29-18(30)11-6-4-3-5-10(11)9-28-29/h3-6,9H,7-8H2,1-2H3,(H,27,31). The van der Waals surface area contributed by atoms with Crippen molar-refractivity contribution in [3.05, 3.63) is 69.9 Å². The molecule has 2 aromatic carbocycles. The van der Waals surface area contributed by atoms with Gasteiger partial charge in [0.25, 0.3) is 5.56 Å². The van der Waals surface area contributed by atoms with Crippen molar-refractivity contribution >= 4 is 22.6 Å². The minimum absolute atomic E-state index is 0.0713. The normalized spacial score (nSPS) is 11.5. The molecule has 0 aliphatic heterocycles. The zero-order valence-corrected chi connectivity index (χ0v) is 17.2. The number of nitrogens with one attached hydrogen (secondary N) is 1. The van der Waals surface area contributed by atoms with E-state index in [1.165, 1.54) is 6.20 Å². The monoisotopic (exact) mass is 469 g/mol. The zero-order valence-electron chi connectivity index (χ0n) is 17.2. The largest absolute Gasteiger partial charge is 0.419 e. The summed E-state index contributed by atoms with van der Waals surface area (Å²) in [4.78, 5) is 37.1. The molecule has 1 N–H and O–H groups in total. The number of hydrogen-bond acceptors (Lipinski definition) is 5. The third kappa shape index (κ3) is 4.41. The lowest BCUT2D eigenvalue weighted by Crippen LogP contribution is -2.45. The highest BCUT2D eigenvalue weighted by molar-refractivity contribution is 6.02. The van der Waals surface area contributed by atoms with Gasteiger partial charge < -0.3 is 10.1 Å². The number of halogens is 5. The van der Waals surface area contributed by atoms with Crippen LogP contribution in [0.4, 0.5) is 22.0 Å². The third-order valence-electron chi connectivity index (χ3n) is 4.81. The maximum Gasteiger partial charge on any atom is 0.326 e. The Morgan fingerprint density at radius 3 is 2.21 bits per heavy atom. The first-order chi connectivity index (χ1) is 15.5. The van der Waals surface area contributed by atoms with Gasteiger partial charge in [-0.15, -0.1) is 0 Å². The highest BCUT2D eigenvalue weighted by Gasteiger charge is 2.40. The second-order valence-corrected chi connectivity index (χ2v) is 7.43. The van der Waals surface area contributed by atoms with E-state index >= 15 is 0 Å². The molecule has 0 aliphatic rings. The van der Waals surface area contributed by atoms with Crippen LogP contribution in [0, 0.1) is 34.5 Å². The average molecular weight is 469 g/mol. The number of fused-ring (bicyclic) bond motifs is 1. The molecule has 1 amide bonds. The Labute approximate surface area is 182 Å². The number of amides is 1. The molecule has 0 saturated heterocycles. The summed E-state index contributed by atoms with van der Waals surface area (Å²) in [5, 5.41) is 7.35. The van der Waals surface area contributed by atoms with E-state index in [0.29, 0.717) is 10.8 Å². The number of esters is 1. The van der Waals surface area contributed by atoms with Crippen LogP contribution >= 0.6 is 0 Å². The number of carbonyl (C=O) groups is 2. The molecule has 7 nitrogen and oxygen atoms in total. The summed E-state index contributed by atoms with van der Waals surface area (Å²) in [6.45, 7) is 1.82. The molecule has 1 aromatic heterocycles. The second-order valence-electron chi connectivity index (χ2n) is 7.43. The Morgan fingerprint density at radius 1 is 1.00 bits per heavy atom. The number of hydrogen-bond donors (Lipinski definition) is 1. The van der Waals surface area contributed by atoms with Crippen molar-refractivity contribution in [3.63, 3.8) is 0 Å². The van der Waals surface area contributed by atoms with Crippen LogP contribution in [0.2, 0.25) is 0 Å². The molecule has 0 radical (unpaired) electrons. The van der Waals surface area contributed by atoms with E-state index in [4.69, 9.17) is 0 Å². The molecule has 174 valence electrons. The predicted molar refractivity (Wildman–Crippen MR) is 105 cm³/mol. The molecule has 0 aliphatic carbocycles. The first kappa shape index (κ1) is 23.8. The molecule has 1 heterocycles. The fourth-order valence-electron chi connectivity index (χ4n) is 2.77. The van der Waals surface area contributed by atoms with Gasteiger partial charge in [0.05, 0.1) is 18.1 Å². The molecule has 3 aromatic rings. The van der Waals surface area contributed by atoms with Crippen LogP contribution in [0.5, 0.6) is 5.75 Å². The number of nitrogens with zero attached hydrogens (tertiary/aromatic N) is 2. The van der Waals surface area contributed by atoms with E-state index in [1.807, 2.05) is 0 Å². The Balaban J connectivity index is 1.70. The summed E-state index contributed by atoms with van der Waals surface area (Å²) in [5.41, 5.74) is -2.49. The fraction of sp³-hybridized carbons (Fsp3) is 0.238. The molecule has 0 spiro atoms. The molecule has 3 rings (SSSR count). The van der Waals surface area contributed by atoms with Gasteiger partial charge in [0.1, 0.15) is 5.41 Å². The zero-order chi connectivity index (χ0) is 24.5. The molecule has 0 atom stereocenters. The van der Waals surface area contributed by atoms with Crippen molar-refractivity contribution in [3.8, 4) is 5.75 Å². The molecule has 33 heavy (non-hydrogen) atoms. The lowest BCUT2D eigenvalue weighted by atomic mass is 9.92. The minimum atomic E-state index is -2.42. The average Bonchev–Trinajstić information content (AvgIpc) is 2.80. The number of aromatic nitrogens is 2. The summed E-state index contributed by atoms with van der Waals surface area (Å²) in [5.74, 6) is -16.1. The van der Waals surface area contributed by atoms with Crippen LogP contribution in [-0.2, 0) is 16.1 Å². The summed E-state index contributed by atoms with van der Waals surface area (Å²) in [7, 11) is 0.